The van der Waals surface area contributed by atoms with Gasteiger partial charge in [-0.05, 0) is 62.2 Å². The van der Waals surface area contributed by atoms with Crippen molar-refractivity contribution in [2.75, 3.05) is 29.7 Å². The summed E-state index contributed by atoms with van der Waals surface area (Å²) in [6.45, 7) is 5.05. The Kier molecular flexibility index (Phi) is 8.00. The highest BCUT2D eigenvalue weighted by Gasteiger charge is 2.29. The fourth-order valence-corrected chi connectivity index (χ4v) is 4.34. The zero-order chi connectivity index (χ0) is 23.1. The molecule has 172 valence electrons. The summed E-state index contributed by atoms with van der Waals surface area (Å²) in [5.41, 5.74) is 2.22. The zero-order valence-corrected chi connectivity index (χ0v) is 19.2. The number of aliphatic hydroxyl groups is 1. The van der Waals surface area contributed by atoms with Crippen LogP contribution in [0.15, 0.2) is 60.4 Å². The van der Waals surface area contributed by atoms with Crippen LogP contribution in [0.2, 0.25) is 0 Å². The van der Waals surface area contributed by atoms with E-state index in [0.29, 0.717) is 24.6 Å². The van der Waals surface area contributed by atoms with E-state index in [1.165, 1.54) is 6.21 Å². The number of nitrogens with one attached hydrogen (secondary N) is 3. The van der Waals surface area contributed by atoms with Gasteiger partial charge in [-0.25, -0.2) is 13.4 Å². The van der Waals surface area contributed by atoms with E-state index in [1.807, 2.05) is 36.4 Å². The second-order valence-electron chi connectivity index (χ2n) is 8.24. The minimum atomic E-state index is -3.42. The summed E-state index contributed by atoms with van der Waals surface area (Å²) in [5, 5.41) is 21.1. The lowest BCUT2D eigenvalue weighted by molar-refractivity contribution is 0.0564. The lowest BCUT2D eigenvalue weighted by Gasteiger charge is -2.36. The van der Waals surface area contributed by atoms with E-state index in [0.717, 1.165) is 24.1 Å². The molecule has 1 aliphatic heterocycles. The molecule has 0 spiro atoms. The molecular formula is C23H31N5O3S. The van der Waals surface area contributed by atoms with E-state index in [1.54, 1.807) is 32.3 Å². The second-order valence-corrected chi connectivity index (χ2v) is 10.5. The number of nitrogens with zero attached hydrogens (tertiary/aromatic N) is 2. The third kappa shape index (κ3) is 6.38. The Morgan fingerprint density at radius 2 is 2.12 bits per heavy atom. The monoisotopic (exact) mass is 457 g/mol. The Hall–Kier alpha value is -2.75. The third-order valence-electron chi connectivity index (χ3n) is 5.52. The number of β-amino-alcohol motifs (C(OH)–C–C–N with tert-alkyl or cyclic N) is 1. The molecule has 0 aliphatic carbocycles. The Balaban J connectivity index is 1.61. The van der Waals surface area contributed by atoms with Gasteiger partial charge >= 0.3 is 0 Å². The highest BCUT2D eigenvalue weighted by Crippen LogP contribution is 2.30. The van der Waals surface area contributed by atoms with Crippen LogP contribution in [0.4, 0.5) is 11.5 Å². The Bertz CT molecular complexity index is 1040. The van der Waals surface area contributed by atoms with Crippen LogP contribution in [0.5, 0.6) is 0 Å². The first-order valence-corrected chi connectivity index (χ1v) is 12.2. The summed E-state index contributed by atoms with van der Waals surface area (Å²) in [5.74, 6) is 0.632. The number of aromatic nitrogens is 1. The van der Waals surface area contributed by atoms with Crippen LogP contribution in [0.25, 0.3) is 0 Å². The topological polar surface area (TPSA) is 118 Å². The first-order chi connectivity index (χ1) is 15.3. The maximum atomic E-state index is 12.2. The Morgan fingerprint density at radius 3 is 2.78 bits per heavy atom. The molecule has 1 aromatic heterocycles. The molecule has 0 amide bonds. The highest BCUT2D eigenvalue weighted by molar-refractivity contribution is 7.93. The van der Waals surface area contributed by atoms with Gasteiger partial charge in [0.25, 0.3) is 0 Å². The van der Waals surface area contributed by atoms with Gasteiger partial charge in [0.2, 0.25) is 10.0 Å². The van der Waals surface area contributed by atoms with E-state index in [9.17, 15) is 13.5 Å². The number of rotatable bonds is 9. The molecule has 2 heterocycles. The average Bonchev–Trinajstić information content (AvgIpc) is 2.77. The summed E-state index contributed by atoms with van der Waals surface area (Å²) >= 11 is 0. The molecule has 3 rings (SSSR count). The van der Waals surface area contributed by atoms with Gasteiger partial charge in [-0.3, -0.25) is 9.62 Å². The molecule has 9 heteroatoms. The fraction of sp³-hybridized carbons (Fsp3) is 0.391. The molecule has 0 saturated carbocycles. The van der Waals surface area contributed by atoms with Crippen molar-refractivity contribution in [1.82, 2.24) is 9.88 Å². The second kappa shape index (κ2) is 10.7. The van der Waals surface area contributed by atoms with Gasteiger partial charge in [0.15, 0.2) is 0 Å². The molecule has 32 heavy (non-hydrogen) atoms. The van der Waals surface area contributed by atoms with Crippen LogP contribution in [0, 0.1) is 5.41 Å². The average molecular weight is 458 g/mol. The quantitative estimate of drug-likeness (QED) is 0.430. The van der Waals surface area contributed by atoms with Gasteiger partial charge in [0.05, 0.1) is 11.4 Å². The molecule has 2 aromatic rings. The van der Waals surface area contributed by atoms with E-state index in [-0.39, 0.29) is 5.92 Å². The number of hydrogen-bond acceptors (Lipinski definition) is 7. The summed E-state index contributed by atoms with van der Waals surface area (Å²) in [6, 6.07) is 12.8. The standard InChI is InChI=1S/C23H31N5O3S/c1-17(2)32(30,31)27-20-7-5-6-19(12-20)21-9-11-28(16-22(21)29)15-18(13-24)14-26-23-8-3-4-10-25-23/h3-8,10,12-14,17,21-22,24,27,29H,9,11,15-16H2,1-2H3,(H,25,26)/b18-14+,24-13?/t21-,22-/m0/s1. The van der Waals surface area contributed by atoms with Crippen molar-refractivity contribution in [3.8, 4) is 0 Å². The van der Waals surface area contributed by atoms with Crippen molar-refractivity contribution in [3.05, 3.63) is 66.0 Å². The van der Waals surface area contributed by atoms with E-state index in [4.69, 9.17) is 5.41 Å². The minimum Gasteiger partial charge on any atom is -0.391 e. The van der Waals surface area contributed by atoms with Crippen molar-refractivity contribution < 1.29 is 13.5 Å². The maximum absolute atomic E-state index is 12.2. The van der Waals surface area contributed by atoms with Gasteiger partial charge in [-0.1, -0.05) is 18.2 Å². The minimum absolute atomic E-state index is 0.0752. The first-order valence-electron chi connectivity index (χ1n) is 10.7. The number of anilines is 2. The number of benzene rings is 1. The van der Waals surface area contributed by atoms with Crippen molar-refractivity contribution in [2.45, 2.75) is 37.5 Å². The summed E-state index contributed by atoms with van der Waals surface area (Å²) in [6.07, 6.45) is 4.91. The smallest absolute Gasteiger partial charge is 0.235 e. The van der Waals surface area contributed by atoms with Crippen LogP contribution in [0.1, 0.15) is 31.7 Å². The van der Waals surface area contributed by atoms with E-state index < -0.39 is 21.4 Å². The highest BCUT2D eigenvalue weighted by atomic mass is 32.2. The molecule has 4 N–H and O–H groups in total. The van der Waals surface area contributed by atoms with E-state index >= 15 is 0 Å². The Labute approximate surface area is 189 Å². The first kappa shape index (κ1) is 23.9. The van der Waals surface area contributed by atoms with Gasteiger partial charge < -0.3 is 15.8 Å². The van der Waals surface area contributed by atoms with Gasteiger partial charge in [0, 0.05) is 43.3 Å². The fourth-order valence-electron chi connectivity index (χ4n) is 3.65. The van der Waals surface area contributed by atoms with Crippen molar-refractivity contribution >= 4 is 27.7 Å². The lowest BCUT2D eigenvalue weighted by atomic mass is 9.87. The number of likely N-dealkylation sites (tertiary alicyclic amines) is 1. The SMILES string of the molecule is CC(C)S(=O)(=O)Nc1cccc([C@@H]2CCN(C/C(C=N)=C/Nc3ccccn3)C[C@@H]2O)c1. The molecule has 1 aliphatic rings. The molecule has 0 bridgehead atoms. The molecule has 8 nitrogen and oxygen atoms in total. The van der Waals surface area contributed by atoms with E-state index in [2.05, 4.69) is 19.9 Å². The van der Waals surface area contributed by atoms with Crippen molar-refractivity contribution in [3.63, 3.8) is 0 Å². The maximum Gasteiger partial charge on any atom is 0.235 e. The van der Waals surface area contributed by atoms with Crippen molar-refractivity contribution in [1.29, 1.82) is 5.41 Å². The van der Waals surface area contributed by atoms with Crippen LogP contribution < -0.4 is 10.0 Å². The predicted octanol–water partition coefficient (Wildman–Crippen LogP) is 3.03. The van der Waals surface area contributed by atoms with Gasteiger partial charge in [0.1, 0.15) is 5.82 Å². The predicted molar refractivity (Wildman–Crippen MR) is 129 cm³/mol. The van der Waals surface area contributed by atoms with Gasteiger partial charge in [-0.15, -0.1) is 0 Å². The Morgan fingerprint density at radius 1 is 1.31 bits per heavy atom. The van der Waals surface area contributed by atoms with Crippen LogP contribution in [-0.4, -0.2) is 60.6 Å². The van der Waals surface area contributed by atoms with Crippen molar-refractivity contribution in [2.24, 2.45) is 0 Å². The largest absolute Gasteiger partial charge is 0.391 e. The molecule has 1 fully saturated rings. The molecule has 0 radical (unpaired) electrons. The number of pyridine rings is 1. The van der Waals surface area contributed by atoms with Gasteiger partial charge in [-0.2, -0.15) is 0 Å². The normalized spacial score (nSPS) is 20.2. The third-order valence-corrected chi connectivity index (χ3v) is 7.28. The lowest BCUT2D eigenvalue weighted by Crippen LogP contribution is -2.43. The molecule has 1 saturated heterocycles. The van der Waals surface area contributed by atoms with Crippen LogP contribution in [0.3, 0.4) is 0 Å². The number of aliphatic hydroxyl groups excluding tert-OH is 1. The molecule has 2 atom stereocenters. The molecular weight excluding hydrogens is 426 g/mol. The summed E-state index contributed by atoms with van der Waals surface area (Å²) in [7, 11) is -3.42. The number of sulfonamides is 1. The molecule has 0 unspecified atom stereocenters. The van der Waals surface area contributed by atoms with Crippen LogP contribution >= 0.6 is 0 Å². The number of piperidine rings is 1. The summed E-state index contributed by atoms with van der Waals surface area (Å²) in [4.78, 5) is 6.31. The number of hydrogen-bond donors (Lipinski definition) is 4. The summed E-state index contributed by atoms with van der Waals surface area (Å²) < 4.78 is 27.0. The van der Waals surface area contributed by atoms with Crippen LogP contribution in [-0.2, 0) is 10.0 Å². The zero-order valence-electron chi connectivity index (χ0n) is 18.4. The molecule has 1 aromatic carbocycles.